The first-order valence-corrected chi connectivity index (χ1v) is 12.1. The van der Waals surface area contributed by atoms with E-state index in [0.29, 0.717) is 16.7 Å². The average Bonchev–Trinajstić information content (AvgIpc) is 2.92. The van der Waals surface area contributed by atoms with Crippen molar-refractivity contribution in [1.82, 2.24) is 0 Å². The Bertz CT molecular complexity index is 1120. The number of benzene rings is 2. The molecule has 1 saturated heterocycles. The molecule has 38 heavy (non-hydrogen) atoms. The molecule has 8 N–H and O–H groups in total. The number of aliphatic hydroxyl groups is 7. The highest BCUT2D eigenvalue weighted by molar-refractivity contribution is 5.54. The molecule has 210 valence electrons. The highest BCUT2D eigenvalue weighted by Crippen LogP contribution is 2.49. The Balaban J connectivity index is 1.74. The monoisotopic (exact) mass is 538 g/mol. The number of phenolic OH excluding ortho intramolecular Hbond substituents is 1. The van der Waals surface area contributed by atoms with E-state index in [-0.39, 0.29) is 29.4 Å². The topological polar surface area (TPSA) is 199 Å². The molecule has 0 aromatic heterocycles. The standard InChI is InChI=1S/C26H34O12/c1-35-18-7-14-13(5-16(18)30)8-26(34,11-29)15(9-27)21(14)12-3-4-17(19(6-12)36-2)37-25-24(33)23(32)22(31)20(10-28)38-25/h3-7,15,20-25,27-34H,8-11H2,1-2H3/t15-,20-,21-,22-,23+,24-,25-,26-/m0/s1. The predicted octanol–water partition coefficient (Wildman–Crippen LogP) is -1.39. The van der Waals surface area contributed by atoms with Crippen molar-refractivity contribution in [1.29, 1.82) is 0 Å². The molecule has 0 unspecified atom stereocenters. The van der Waals surface area contributed by atoms with E-state index in [1.807, 2.05) is 0 Å². The van der Waals surface area contributed by atoms with Crippen LogP contribution in [0.15, 0.2) is 30.3 Å². The summed E-state index contributed by atoms with van der Waals surface area (Å²) in [6.45, 7) is -1.70. The molecule has 2 aliphatic rings. The Hall–Kier alpha value is -2.68. The molecule has 0 amide bonds. The molecule has 0 spiro atoms. The summed E-state index contributed by atoms with van der Waals surface area (Å²) >= 11 is 0. The van der Waals surface area contributed by atoms with Crippen LogP contribution in [0, 0.1) is 5.92 Å². The van der Waals surface area contributed by atoms with Crippen LogP contribution in [0.3, 0.4) is 0 Å². The van der Waals surface area contributed by atoms with Gasteiger partial charge in [-0.25, -0.2) is 0 Å². The number of ether oxygens (including phenoxy) is 4. The lowest BCUT2D eigenvalue weighted by atomic mass is 9.64. The van der Waals surface area contributed by atoms with Crippen molar-refractivity contribution < 1.29 is 59.8 Å². The maximum Gasteiger partial charge on any atom is 0.229 e. The van der Waals surface area contributed by atoms with Crippen LogP contribution in [-0.2, 0) is 11.2 Å². The maximum absolute atomic E-state index is 11.3. The van der Waals surface area contributed by atoms with E-state index >= 15 is 0 Å². The van der Waals surface area contributed by atoms with E-state index in [2.05, 4.69) is 0 Å². The molecule has 12 nitrogen and oxygen atoms in total. The lowest BCUT2D eigenvalue weighted by Crippen LogP contribution is -2.60. The zero-order valence-electron chi connectivity index (χ0n) is 21.0. The zero-order valence-corrected chi connectivity index (χ0v) is 21.0. The van der Waals surface area contributed by atoms with E-state index in [1.54, 1.807) is 18.2 Å². The van der Waals surface area contributed by atoms with Crippen molar-refractivity contribution in [3.05, 3.63) is 47.0 Å². The van der Waals surface area contributed by atoms with Crippen LogP contribution in [0.5, 0.6) is 23.0 Å². The van der Waals surface area contributed by atoms with E-state index < -0.39 is 68.0 Å². The summed E-state index contributed by atoms with van der Waals surface area (Å²) in [5.41, 5.74) is 0.117. The first-order valence-electron chi connectivity index (χ1n) is 12.1. The van der Waals surface area contributed by atoms with Crippen LogP contribution in [0.2, 0.25) is 0 Å². The molecule has 0 saturated carbocycles. The smallest absolute Gasteiger partial charge is 0.229 e. The summed E-state index contributed by atoms with van der Waals surface area (Å²) in [6.07, 6.45) is -7.38. The van der Waals surface area contributed by atoms with Gasteiger partial charge in [0.15, 0.2) is 23.0 Å². The van der Waals surface area contributed by atoms with Gasteiger partial charge in [0.2, 0.25) is 6.29 Å². The molecule has 1 aliphatic carbocycles. The number of aromatic hydroxyl groups is 1. The third-order valence-electron chi connectivity index (χ3n) is 7.47. The fourth-order valence-electron chi connectivity index (χ4n) is 5.35. The second kappa shape index (κ2) is 11.2. The molecule has 4 rings (SSSR count). The Morgan fingerprint density at radius 2 is 1.61 bits per heavy atom. The van der Waals surface area contributed by atoms with Gasteiger partial charge in [0.25, 0.3) is 0 Å². The number of rotatable bonds is 8. The molecule has 0 radical (unpaired) electrons. The van der Waals surface area contributed by atoms with Crippen molar-refractivity contribution in [3.8, 4) is 23.0 Å². The Labute approximate surface area is 218 Å². The predicted molar refractivity (Wildman–Crippen MR) is 130 cm³/mol. The summed E-state index contributed by atoms with van der Waals surface area (Å²) < 4.78 is 21.9. The Kier molecular flexibility index (Phi) is 8.35. The fourth-order valence-corrected chi connectivity index (χ4v) is 5.35. The molecule has 0 bridgehead atoms. The Morgan fingerprint density at radius 3 is 2.21 bits per heavy atom. The molecular weight excluding hydrogens is 504 g/mol. The maximum atomic E-state index is 11.3. The van der Waals surface area contributed by atoms with Crippen molar-refractivity contribution in [2.24, 2.45) is 5.92 Å². The van der Waals surface area contributed by atoms with Crippen molar-refractivity contribution in [3.63, 3.8) is 0 Å². The van der Waals surface area contributed by atoms with Gasteiger partial charge in [-0.3, -0.25) is 0 Å². The normalized spacial score (nSPS) is 32.9. The van der Waals surface area contributed by atoms with Crippen LogP contribution in [0.25, 0.3) is 0 Å². The summed E-state index contributed by atoms with van der Waals surface area (Å²) in [6, 6.07) is 7.83. The van der Waals surface area contributed by atoms with Gasteiger partial charge >= 0.3 is 0 Å². The van der Waals surface area contributed by atoms with Crippen molar-refractivity contribution >= 4 is 0 Å². The summed E-state index contributed by atoms with van der Waals surface area (Å²) in [5, 5.41) is 81.8. The second-order valence-corrected chi connectivity index (χ2v) is 9.65. The van der Waals surface area contributed by atoms with Gasteiger partial charge in [-0.15, -0.1) is 0 Å². The Morgan fingerprint density at radius 1 is 0.895 bits per heavy atom. The SMILES string of the molecule is COc1cc2c(cc1O)C[C@](O)(CO)[C@@H](CO)[C@H]2c1ccc(O[C@H]2O[C@@H](CO)[C@H](O)[C@@H](O)[C@@H]2O)c(OC)c1. The van der Waals surface area contributed by atoms with E-state index in [9.17, 15) is 40.9 Å². The lowest BCUT2D eigenvalue weighted by Gasteiger charge is -2.44. The van der Waals surface area contributed by atoms with Gasteiger partial charge in [-0.05, 0) is 41.0 Å². The van der Waals surface area contributed by atoms with Crippen LogP contribution in [0.4, 0.5) is 0 Å². The number of hydrogen-bond donors (Lipinski definition) is 8. The van der Waals surface area contributed by atoms with Gasteiger partial charge in [0.1, 0.15) is 24.4 Å². The molecule has 12 heteroatoms. The quantitative estimate of drug-likeness (QED) is 0.196. The third kappa shape index (κ3) is 4.90. The van der Waals surface area contributed by atoms with Crippen LogP contribution < -0.4 is 14.2 Å². The average molecular weight is 539 g/mol. The number of phenols is 1. The second-order valence-electron chi connectivity index (χ2n) is 9.65. The number of aliphatic hydroxyl groups excluding tert-OH is 6. The molecule has 1 aliphatic heterocycles. The molecular formula is C26H34O12. The first kappa shape index (κ1) is 28.3. The third-order valence-corrected chi connectivity index (χ3v) is 7.47. The minimum Gasteiger partial charge on any atom is -0.504 e. The van der Waals surface area contributed by atoms with E-state index in [0.717, 1.165) is 0 Å². The molecule has 8 atom stereocenters. The van der Waals surface area contributed by atoms with Gasteiger partial charge in [-0.1, -0.05) is 6.07 Å². The number of fused-ring (bicyclic) bond motifs is 1. The van der Waals surface area contributed by atoms with Crippen molar-refractivity contribution in [2.45, 2.75) is 48.6 Å². The minimum atomic E-state index is -1.69. The summed E-state index contributed by atoms with van der Waals surface area (Å²) in [5.74, 6) is -1.13. The molecule has 1 heterocycles. The molecule has 2 aromatic rings. The highest BCUT2D eigenvalue weighted by atomic mass is 16.7. The van der Waals surface area contributed by atoms with Gasteiger partial charge in [-0.2, -0.15) is 0 Å². The first-order chi connectivity index (χ1) is 18.1. The number of methoxy groups -OCH3 is 2. The number of hydrogen-bond acceptors (Lipinski definition) is 12. The van der Waals surface area contributed by atoms with Crippen LogP contribution >= 0.6 is 0 Å². The van der Waals surface area contributed by atoms with Gasteiger partial charge < -0.3 is 59.8 Å². The van der Waals surface area contributed by atoms with E-state index in [1.165, 1.54) is 26.4 Å². The van der Waals surface area contributed by atoms with Crippen LogP contribution in [-0.4, -0.2) is 111 Å². The summed E-state index contributed by atoms with van der Waals surface area (Å²) in [7, 11) is 2.78. The molecule has 1 fully saturated rings. The van der Waals surface area contributed by atoms with E-state index in [4.69, 9.17) is 18.9 Å². The van der Waals surface area contributed by atoms with Crippen molar-refractivity contribution in [2.75, 3.05) is 34.0 Å². The fraction of sp³-hybridized carbons (Fsp3) is 0.538. The van der Waals surface area contributed by atoms with Gasteiger partial charge in [0, 0.05) is 24.9 Å². The van der Waals surface area contributed by atoms with Crippen LogP contribution in [0.1, 0.15) is 22.6 Å². The minimum absolute atomic E-state index is 0.00640. The molecule has 2 aromatic carbocycles. The summed E-state index contributed by atoms with van der Waals surface area (Å²) in [4.78, 5) is 0. The zero-order chi connectivity index (χ0) is 27.8. The highest BCUT2D eigenvalue weighted by Gasteiger charge is 2.48. The van der Waals surface area contributed by atoms with Gasteiger partial charge in [0.05, 0.1) is 33.0 Å². The lowest BCUT2D eigenvalue weighted by molar-refractivity contribution is -0.277. The largest absolute Gasteiger partial charge is 0.504 e.